The Bertz CT molecular complexity index is 234. The molecule has 0 saturated heterocycles. The van der Waals surface area contributed by atoms with Crippen molar-refractivity contribution in [3.8, 4) is 6.07 Å². The summed E-state index contributed by atoms with van der Waals surface area (Å²) in [6.45, 7) is 6.37. The number of halogens is 2. The molecule has 0 aliphatic carbocycles. The van der Waals surface area contributed by atoms with Crippen molar-refractivity contribution in [1.82, 2.24) is 0 Å². The highest BCUT2D eigenvalue weighted by atomic mass is 79.9. The lowest BCUT2D eigenvalue weighted by Gasteiger charge is -1.88. The standard InChI is InChI=1S/C7H5BrFN/c1-5(8)3-7(4-10)6(2)9/h3H,1-2H2/b7-3-. The highest BCUT2D eigenvalue weighted by molar-refractivity contribution is 9.11. The first-order chi connectivity index (χ1) is 4.57. The third kappa shape index (κ3) is 3.21. The van der Waals surface area contributed by atoms with E-state index in [1.807, 2.05) is 0 Å². The van der Waals surface area contributed by atoms with Gasteiger partial charge in [0.1, 0.15) is 11.9 Å². The van der Waals surface area contributed by atoms with Crippen LogP contribution in [0.25, 0.3) is 0 Å². The number of hydrogen-bond donors (Lipinski definition) is 0. The van der Waals surface area contributed by atoms with E-state index < -0.39 is 5.83 Å². The van der Waals surface area contributed by atoms with Gasteiger partial charge >= 0.3 is 0 Å². The van der Waals surface area contributed by atoms with E-state index in [-0.39, 0.29) is 5.57 Å². The summed E-state index contributed by atoms with van der Waals surface area (Å²) in [6.07, 6.45) is 1.27. The maximum absolute atomic E-state index is 12.2. The molecule has 0 aromatic rings. The van der Waals surface area contributed by atoms with Crippen LogP contribution in [0.15, 0.2) is 35.1 Å². The zero-order chi connectivity index (χ0) is 8.15. The first-order valence-corrected chi connectivity index (χ1v) is 3.18. The smallest absolute Gasteiger partial charge is 0.133 e. The third-order valence-electron chi connectivity index (χ3n) is 0.714. The van der Waals surface area contributed by atoms with E-state index in [0.717, 1.165) is 0 Å². The van der Waals surface area contributed by atoms with E-state index in [9.17, 15) is 4.39 Å². The molecule has 0 N–H and O–H groups in total. The first kappa shape index (κ1) is 9.12. The van der Waals surface area contributed by atoms with Crippen molar-refractivity contribution >= 4 is 15.9 Å². The van der Waals surface area contributed by atoms with Gasteiger partial charge in [-0.25, -0.2) is 4.39 Å². The maximum Gasteiger partial charge on any atom is 0.133 e. The average molecular weight is 202 g/mol. The van der Waals surface area contributed by atoms with Crippen LogP contribution in [0.4, 0.5) is 4.39 Å². The fourth-order valence-corrected chi connectivity index (χ4v) is 0.557. The van der Waals surface area contributed by atoms with Gasteiger partial charge < -0.3 is 0 Å². The number of rotatable bonds is 2. The number of allylic oxidation sites excluding steroid dienone is 4. The van der Waals surface area contributed by atoms with Gasteiger partial charge in [0.2, 0.25) is 0 Å². The number of nitriles is 1. The molecule has 0 radical (unpaired) electrons. The lowest BCUT2D eigenvalue weighted by Crippen LogP contribution is -1.76. The van der Waals surface area contributed by atoms with Gasteiger partial charge in [0.25, 0.3) is 0 Å². The quantitative estimate of drug-likeness (QED) is 0.498. The third-order valence-corrected chi connectivity index (χ3v) is 0.943. The maximum atomic E-state index is 12.2. The minimum atomic E-state index is -0.747. The fraction of sp³-hybridized carbons (Fsp3) is 0. The van der Waals surface area contributed by atoms with Crippen LogP contribution in [0.3, 0.4) is 0 Å². The predicted molar refractivity (Wildman–Crippen MR) is 42.0 cm³/mol. The molecule has 0 saturated carbocycles. The molecule has 0 atom stereocenters. The predicted octanol–water partition coefficient (Wildman–Crippen LogP) is 2.83. The summed E-state index contributed by atoms with van der Waals surface area (Å²) in [7, 11) is 0. The van der Waals surface area contributed by atoms with E-state index in [1.54, 1.807) is 6.07 Å². The van der Waals surface area contributed by atoms with Gasteiger partial charge in [0.05, 0.1) is 5.57 Å². The van der Waals surface area contributed by atoms with Crippen molar-refractivity contribution in [3.63, 3.8) is 0 Å². The van der Waals surface area contributed by atoms with Gasteiger partial charge in [-0.2, -0.15) is 5.26 Å². The normalized spacial score (nSPS) is 10.3. The zero-order valence-corrected chi connectivity index (χ0v) is 6.78. The SMILES string of the molecule is C=C(Br)/C=C(/C#N)C(=C)F. The van der Waals surface area contributed by atoms with E-state index in [0.29, 0.717) is 4.48 Å². The Labute approximate surface area is 67.3 Å². The van der Waals surface area contributed by atoms with Crippen LogP contribution in [-0.2, 0) is 0 Å². The highest BCUT2D eigenvalue weighted by Gasteiger charge is 1.98. The van der Waals surface area contributed by atoms with Crippen LogP contribution in [0.2, 0.25) is 0 Å². The zero-order valence-electron chi connectivity index (χ0n) is 5.19. The van der Waals surface area contributed by atoms with Crippen molar-refractivity contribution < 1.29 is 4.39 Å². The molecule has 0 spiro atoms. The minimum Gasteiger partial charge on any atom is -0.206 e. The molecule has 0 aliphatic rings. The van der Waals surface area contributed by atoms with E-state index >= 15 is 0 Å². The van der Waals surface area contributed by atoms with Gasteiger partial charge in [-0.1, -0.05) is 29.1 Å². The molecule has 0 aromatic carbocycles. The van der Waals surface area contributed by atoms with Crippen LogP contribution in [-0.4, -0.2) is 0 Å². The molecule has 0 bridgehead atoms. The molecule has 1 nitrogen and oxygen atoms in total. The highest BCUT2D eigenvalue weighted by Crippen LogP contribution is 2.13. The molecule has 10 heavy (non-hydrogen) atoms. The van der Waals surface area contributed by atoms with Crippen molar-refractivity contribution in [2.75, 3.05) is 0 Å². The summed E-state index contributed by atoms with van der Waals surface area (Å²) in [6, 6.07) is 1.63. The Balaban J connectivity index is 4.55. The molecule has 3 heteroatoms. The summed E-state index contributed by atoms with van der Waals surface area (Å²) in [5, 5.41) is 8.26. The molecular weight excluding hydrogens is 197 g/mol. The van der Waals surface area contributed by atoms with Gasteiger partial charge in [-0.05, 0) is 6.08 Å². The van der Waals surface area contributed by atoms with Crippen molar-refractivity contribution in [1.29, 1.82) is 5.26 Å². The topological polar surface area (TPSA) is 23.8 Å². The minimum absolute atomic E-state index is 0.109. The van der Waals surface area contributed by atoms with Crippen LogP contribution in [0, 0.1) is 11.3 Å². The van der Waals surface area contributed by atoms with Crippen LogP contribution >= 0.6 is 15.9 Å². The van der Waals surface area contributed by atoms with E-state index in [2.05, 4.69) is 29.1 Å². The molecule has 0 unspecified atom stereocenters. The largest absolute Gasteiger partial charge is 0.206 e. The Morgan fingerprint density at radius 2 is 2.10 bits per heavy atom. The van der Waals surface area contributed by atoms with Crippen molar-refractivity contribution in [3.05, 3.63) is 35.1 Å². The second-order valence-electron chi connectivity index (χ2n) is 1.52. The number of nitrogens with zero attached hydrogens (tertiary/aromatic N) is 1. The fourth-order valence-electron chi connectivity index (χ4n) is 0.328. The molecule has 52 valence electrons. The monoisotopic (exact) mass is 201 g/mol. The molecule has 0 aromatic heterocycles. The van der Waals surface area contributed by atoms with Crippen LogP contribution in [0.1, 0.15) is 0 Å². The summed E-state index contributed by atoms with van der Waals surface area (Å²) < 4.78 is 12.6. The summed E-state index contributed by atoms with van der Waals surface area (Å²) >= 11 is 2.95. The molecule has 0 amide bonds. The molecule has 0 rings (SSSR count). The van der Waals surface area contributed by atoms with Crippen LogP contribution in [0.5, 0.6) is 0 Å². The molecule has 0 heterocycles. The lowest BCUT2D eigenvalue weighted by atomic mass is 10.2. The summed E-state index contributed by atoms with van der Waals surface area (Å²) in [5.74, 6) is -0.747. The molecule has 0 aliphatic heterocycles. The molecular formula is C7H5BrFN. The molecule has 0 fully saturated rings. The average Bonchev–Trinajstić information content (AvgIpc) is 1.81. The van der Waals surface area contributed by atoms with Crippen LogP contribution < -0.4 is 0 Å². The Kier molecular flexibility index (Phi) is 3.67. The number of hydrogen-bond acceptors (Lipinski definition) is 1. The van der Waals surface area contributed by atoms with E-state index in [4.69, 9.17) is 5.26 Å². The Hall–Kier alpha value is -0.880. The second kappa shape index (κ2) is 4.02. The van der Waals surface area contributed by atoms with Gasteiger partial charge in [-0.15, -0.1) is 0 Å². The first-order valence-electron chi connectivity index (χ1n) is 2.39. The summed E-state index contributed by atoms with van der Waals surface area (Å²) in [5.41, 5.74) is -0.109. The second-order valence-corrected chi connectivity index (χ2v) is 2.54. The van der Waals surface area contributed by atoms with Crippen molar-refractivity contribution in [2.45, 2.75) is 0 Å². The Morgan fingerprint density at radius 3 is 2.20 bits per heavy atom. The van der Waals surface area contributed by atoms with Gasteiger partial charge in [0.15, 0.2) is 0 Å². The van der Waals surface area contributed by atoms with Crippen molar-refractivity contribution in [2.24, 2.45) is 0 Å². The van der Waals surface area contributed by atoms with Gasteiger partial charge in [-0.3, -0.25) is 0 Å². The Morgan fingerprint density at radius 1 is 1.60 bits per heavy atom. The lowest BCUT2D eigenvalue weighted by molar-refractivity contribution is 0.662. The van der Waals surface area contributed by atoms with Gasteiger partial charge in [0, 0.05) is 4.48 Å². The summed E-state index contributed by atoms with van der Waals surface area (Å²) in [4.78, 5) is 0. The van der Waals surface area contributed by atoms with E-state index in [1.165, 1.54) is 6.08 Å².